The summed E-state index contributed by atoms with van der Waals surface area (Å²) in [6.45, 7) is 3.85. The summed E-state index contributed by atoms with van der Waals surface area (Å²) in [4.78, 5) is 0. The van der Waals surface area contributed by atoms with Crippen molar-refractivity contribution in [1.82, 2.24) is 0 Å². The summed E-state index contributed by atoms with van der Waals surface area (Å²) in [6.07, 6.45) is 0.0368. The van der Waals surface area contributed by atoms with Gasteiger partial charge in [-0.2, -0.15) is 0 Å². The molecule has 0 bridgehead atoms. The molecule has 0 aliphatic heterocycles. The van der Waals surface area contributed by atoms with Gasteiger partial charge in [0.25, 0.3) is 0 Å². The van der Waals surface area contributed by atoms with Crippen LogP contribution in [0.25, 0.3) is 0 Å². The summed E-state index contributed by atoms with van der Waals surface area (Å²) in [5, 5.41) is 0. The van der Waals surface area contributed by atoms with Gasteiger partial charge in [0.15, 0.2) is 0 Å². The van der Waals surface area contributed by atoms with Crippen molar-refractivity contribution in [3.05, 3.63) is 46.7 Å². The fourth-order valence-corrected chi connectivity index (χ4v) is 1.92. The number of ether oxygens (including phenoxy) is 2. The third-order valence-electron chi connectivity index (χ3n) is 2.40. The Morgan fingerprint density at radius 3 is 2.40 bits per heavy atom. The van der Waals surface area contributed by atoms with Crippen LogP contribution in [0.2, 0.25) is 0 Å². The second-order valence-corrected chi connectivity index (χ2v) is 5.44. The molecule has 0 heterocycles. The van der Waals surface area contributed by atoms with Crippen molar-refractivity contribution in [3.63, 3.8) is 0 Å². The van der Waals surface area contributed by atoms with E-state index in [1.807, 2.05) is 13.8 Å². The highest BCUT2D eigenvalue weighted by Gasteiger charge is 2.06. The van der Waals surface area contributed by atoms with E-state index in [0.29, 0.717) is 27.4 Å². The number of hydrogen-bond acceptors (Lipinski definition) is 3. The van der Waals surface area contributed by atoms with E-state index < -0.39 is 0 Å². The molecule has 2 rings (SSSR count). The van der Waals surface area contributed by atoms with Crippen LogP contribution in [0, 0.1) is 5.82 Å². The third kappa shape index (κ3) is 3.87. The lowest BCUT2D eigenvalue weighted by atomic mass is 10.2. The van der Waals surface area contributed by atoms with Crippen LogP contribution in [0.1, 0.15) is 13.8 Å². The number of halogens is 2. The Morgan fingerprint density at radius 1 is 1.05 bits per heavy atom. The first kappa shape index (κ1) is 14.7. The molecule has 0 saturated heterocycles. The van der Waals surface area contributed by atoms with E-state index in [1.165, 1.54) is 6.07 Å². The van der Waals surface area contributed by atoms with Crippen molar-refractivity contribution < 1.29 is 13.9 Å². The lowest BCUT2D eigenvalue weighted by Crippen LogP contribution is -2.05. The largest absolute Gasteiger partial charge is 0.491 e. The number of hydrogen-bond donors (Lipinski definition) is 1. The van der Waals surface area contributed by atoms with E-state index in [-0.39, 0.29) is 11.9 Å². The van der Waals surface area contributed by atoms with Crippen LogP contribution in [0.5, 0.6) is 17.2 Å². The molecule has 0 aliphatic carbocycles. The molecular formula is C15H15BrFNO2. The summed E-state index contributed by atoms with van der Waals surface area (Å²) < 4.78 is 25.0. The van der Waals surface area contributed by atoms with Crippen molar-refractivity contribution >= 4 is 21.6 Å². The van der Waals surface area contributed by atoms with Gasteiger partial charge in [-0.1, -0.05) is 0 Å². The highest BCUT2D eigenvalue weighted by Crippen LogP contribution is 2.30. The average Bonchev–Trinajstić information content (AvgIpc) is 2.32. The Bertz CT molecular complexity index is 617. The molecule has 20 heavy (non-hydrogen) atoms. The highest BCUT2D eigenvalue weighted by molar-refractivity contribution is 9.10. The van der Waals surface area contributed by atoms with Gasteiger partial charge in [-0.25, -0.2) is 4.39 Å². The molecule has 0 atom stereocenters. The minimum atomic E-state index is -0.384. The quantitative estimate of drug-likeness (QED) is 0.817. The van der Waals surface area contributed by atoms with Crippen LogP contribution in [0.15, 0.2) is 40.9 Å². The predicted molar refractivity (Wildman–Crippen MR) is 80.8 cm³/mol. The molecule has 0 aromatic heterocycles. The molecular weight excluding hydrogens is 325 g/mol. The second kappa shape index (κ2) is 6.13. The number of nitrogens with two attached hydrogens (primary N) is 1. The van der Waals surface area contributed by atoms with Crippen LogP contribution in [0.3, 0.4) is 0 Å². The van der Waals surface area contributed by atoms with E-state index in [1.54, 1.807) is 30.3 Å². The van der Waals surface area contributed by atoms with Crippen LogP contribution in [-0.2, 0) is 0 Å². The van der Waals surface area contributed by atoms with E-state index in [0.717, 1.165) is 0 Å². The Hall–Kier alpha value is -1.75. The third-order valence-corrected chi connectivity index (χ3v) is 3.04. The maximum absolute atomic E-state index is 13.4. The minimum absolute atomic E-state index is 0.0368. The average molecular weight is 340 g/mol. The van der Waals surface area contributed by atoms with Gasteiger partial charge < -0.3 is 15.2 Å². The number of benzene rings is 2. The molecule has 2 aromatic rings. The molecule has 0 saturated carbocycles. The molecule has 2 aromatic carbocycles. The second-order valence-electron chi connectivity index (χ2n) is 4.58. The lowest BCUT2D eigenvalue weighted by Gasteiger charge is -2.13. The van der Waals surface area contributed by atoms with Gasteiger partial charge in [-0.15, -0.1) is 0 Å². The molecule has 106 valence electrons. The van der Waals surface area contributed by atoms with Crippen molar-refractivity contribution in [2.45, 2.75) is 20.0 Å². The first-order valence-electron chi connectivity index (χ1n) is 6.14. The lowest BCUT2D eigenvalue weighted by molar-refractivity contribution is 0.242. The van der Waals surface area contributed by atoms with Crippen LogP contribution in [-0.4, -0.2) is 6.10 Å². The highest BCUT2D eigenvalue weighted by atomic mass is 79.9. The van der Waals surface area contributed by atoms with E-state index in [2.05, 4.69) is 15.9 Å². The zero-order valence-corrected chi connectivity index (χ0v) is 12.8. The van der Waals surface area contributed by atoms with Crippen molar-refractivity contribution in [3.8, 4) is 17.2 Å². The smallest absolute Gasteiger partial charge is 0.141 e. The van der Waals surface area contributed by atoms with E-state index in [4.69, 9.17) is 15.2 Å². The predicted octanol–water partition coefficient (Wildman–Crippen LogP) is 4.75. The Balaban J connectivity index is 2.24. The van der Waals surface area contributed by atoms with Gasteiger partial charge in [0.1, 0.15) is 23.1 Å². The fraction of sp³-hybridized carbons (Fsp3) is 0.200. The monoisotopic (exact) mass is 339 g/mol. The van der Waals surface area contributed by atoms with Crippen LogP contribution >= 0.6 is 15.9 Å². The molecule has 0 unspecified atom stereocenters. The first-order chi connectivity index (χ1) is 9.44. The van der Waals surface area contributed by atoms with Crippen molar-refractivity contribution in [2.24, 2.45) is 0 Å². The zero-order chi connectivity index (χ0) is 14.7. The summed E-state index contributed by atoms with van der Waals surface area (Å²) in [5.74, 6) is 1.13. The van der Waals surface area contributed by atoms with Crippen molar-refractivity contribution in [1.29, 1.82) is 0 Å². The maximum Gasteiger partial charge on any atom is 0.141 e. The molecule has 0 aliphatic rings. The van der Waals surface area contributed by atoms with Gasteiger partial charge in [-0.05, 0) is 41.9 Å². The molecule has 0 spiro atoms. The minimum Gasteiger partial charge on any atom is -0.491 e. The summed E-state index contributed by atoms with van der Waals surface area (Å²) in [5.41, 5.74) is 6.33. The topological polar surface area (TPSA) is 44.5 Å². The SMILES string of the molecule is CC(C)Oc1cc(N)cc(Oc2ccc(Br)c(F)c2)c1. The number of nitrogen functional groups attached to an aromatic ring is 1. The van der Waals surface area contributed by atoms with E-state index >= 15 is 0 Å². The normalized spacial score (nSPS) is 10.7. The molecule has 0 fully saturated rings. The van der Waals surface area contributed by atoms with Gasteiger partial charge in [-0.3, -0.25) is 0 Å². The van der Waals surface area contributed by atoms with Gasteiger partial charge in [0.2, 0.25) is 0 Å². The van der Waals surface area contributed by atoms with Crippen LogP contribution in [0.4, 0.5) is 10.1 Å². The standard InChI is InChI=1S/C15H15BrFNO2/c1-9(2)19-12-5-10(18)6-13(7-12)20-11-3-4-14(16)15(17)8-11/h3-9H,18H2,1-2H3. The maximum atomic E-state index is 13.4. The molecule has 0 radical (unpaired) electrons. The fourth-order valence-electron chi connectivity index (χ4n) is 1.67. The van der Waals surface area contributed by atoms with Gasteiger partial charge in [0.05, 0.1) is 10.6 Å². The first-order valence-corrected chi connectivity index (χ1v) is 6.93. The summed E-state index contributed by atoms with van der Waals surface area (Å²) in [7, 11) is 0. The molecule has 3 nitrogen and oxygen atoms in total. The summed E-state index contributed by atoms with van der Waals surface area (Å²) in [6, 6.07) is 9.65. The van der Waals surface area contributed by atoms with Crippen molar-refractivity contribution in [2.75, 3.05) is 5.73 Å². The number of anilines is 1. The summed E-state index contributed by atoms with van der Waals surface area (Å²) >= 11 is 3.09. The number of rotatable bonds is 4. The van der Waals surface area contributed by atoms with Gasteiger partial charge in [0, 0.05) is 30.0 Å². The molecule has 5 heteroatoms. The molecule has 2 N–H and O–H groups in total. The van der Waals surface area contributed by atoms with Crippen LogP contribution < -0.4 is 15.2 Å². The Morgan fingerprint density at radius 2 is 1.75 bits per heavy atom. The Labute approximate surface area is 125 Å². The molecule has 0 amide bonds. The van der Waals surface area contributed by atoms with E-state index in [9.17, 15) is 4.39 Å². The zero-order valence-electron chi connectivity index (χ0n) is 11.2. The Kier molecular flexibility index (Phi) is 4.49. The van der Waals surface area contributed by atoms with Gasteiger partial charge >= 0.3 is 0 Å².